The molecule has 0 aliphatic heterocycles. The molecule has 0 saturated heterocycles. The van der Waals surface area contributed by atoms with Crippen LogP contribution in [0.3, 0.4) is 0 Å². The van der Waals surface area contributed by atoms with Gasteiger partial charge in [-0.1, -0.05) is 37.1 Å². The number of nitrogens with one attached hydrogen (secondary N) is 1. The molecule has 3 heteroatoms. The Balaban J connectivity index is 1.68. The lowest BCUT2D eigenvalue weighted by atomic mass is 10.0. The quantitative estimate of drug-likeness (QED) is 0.765. The number of aliphatic hydroxyl groups is 1. The first kappa shape index (κ1) is 12.2. The molecule has 3 rings (SSSR count). The number of fused-ring (bicyclic) bond motifs is 1. The summed E-state index contributed by atoms with van der Waals surface area (Å²) in [7, 11) is 0. The molecule has 4 N–H and O–H groups in total. The van der Waals surface area contributed by atoms with E-state index in [1.54, 1.807) is 0 Å². The topological polar surface area (TPSA) is 58.3 Å². The van der Waals surface area contributed by atoms with Crippen LogP contribution in [0.15, 0.2) is 24.3 Å². The van der Waals surface area contributed by atoms with Crippen LogP contribution < -0.4 is 11.1 Å². The van der Waals surface area contributed by atoms with Gasteiger partial charge in [0.15, 0.2) is 0 Å². The van der Waals surface area contributed by atoms with E-state index in [1.165, 1.54) is 11.1 Å². The van der Waals surface area contributed by atoms with Gasteiger partial charge >= 0.3 is 0 Å². The van der Waals surface area contributed by atoms with Gasteiger partial charge in [0.05, 0.1) is 5.60 Å². The molecule has 2 aliphatic rings. The Morgan fingerprint density at radius 3 is 2.61 bits per heavy atom. The van der Waals surface area contributed by atoms with Gasteiger partial charge in [-0.2, -0.15) is 0 Å². The first-order valence-corrected chi connectivity index (χ1v) is 6.98. The van der Waals surface area contributed by atoms with E-state index in [2.05, 4.69) is 23.5 Å². The van der Waals surface area contributed by atoms with Gasteiger partial charge in [-0.05, 0) is 30.4 Å². The van der Waals surface area contributed by atoms with Crippen molar-refractivity contribution >= 4 is 0 Å². The first-order chi connectivity index (χ1) is 8.68. The van der Waals surface area contributed by atoms with E-state index < -0.39 is 5.60 Å². The molecule has 0 heterocycles. The molecule has 0 bridgehead atoms. The summed E-state index contributed by atoms with van der Waals surface area (Å²) < 4.78 is 0. The summed E-state index contributed by atoms with van der Waals surface area (Å²) in [6.45, 7) is 0.693. The van der Waals surface area contributed by atoms with Gasteiger partial charge in [-0.3, -0.25) is 0 Å². The van der Waals surface area contributed by atoms with Crippen LogP contribution in [0.5, 0.6) is 0 Å². The third-order valence-electron chi connectivity index (χ3n) is 4.47. The molecule has 2 aliphatic carbocycles. The summed E-state index contributed by atoms with van der Waals surface area (Å²) >= 11 is 0. The standard InChI is InChI=1S/C15H22N2O/c16-13-9-14(12-6-2-1-5-11(12)13)17-10-15(18)7-3-4-8-15/h1-2,5-6,13-14,17-18H,3-4,7-10,16H2. The maximum Gasteiger partial charge on any atom is 0.0771 e. The third kappa shape index (κ3) is 2.18. The number of hydrogen-bond acceptors (Lipinski definition) is 3. The summed E-state index contributed by atoms with van der Waals surface area (Å²) in [5.41, 5.74) is 8.24. The van der Waals surface area contributed by atoms with Gasteiger partial charge in [0.1, 0.15) is 0 Å². The van der Waals surface area contributed by atoms with Gasteiger partial charge in [0, 0.05) is 18.6 Å². The van der Waals surface area contributed by atoms with Crippen molar-refractivity contribution in [2.45, 2.75) is 49.8 Å². The summed E-state index contributed by atoms with van der Waals surface area (Å²) in [4.78, 5) is 0. The van der Waals surface area contributed by atoms with Crippen LogP contribution in [-0.2, 0) is 0 Å². The smallest absolute Gasteiger partial charge is 0.0771 e. The van der Waals surface area contributed by atoms with Crippen molar-refractivity contribution in [3.05, 3.63) is 35.4 Å². The zero-order valence-electron chi connectivity index (χ0n) is 10.7. The lowest BCUT2D eigenvalue weighted by Gasteiger charge is -2.25. The van der Waals surface area contributed by atoms with Crippen molar-refractivity contribution in [2.75, 3.05) is 6.54 Å². The van der Waals surface area contributed by atoms with Crippen LogP contribution >= 0.6 is 0 Å². The molecule has 0 radical (unpaired) electrons. The fourth-order valence-electron chi connectivity index (χ4n) is 3.39. The predicted octanol–water partition coefficient (Wildman–Crippen LogP) is 2.03. The minimum atomic E-state index is -0.484. The van der Waals surface area contributed by atoms with Crippen molar-refractivity contribution in [3.63, 3.8) is 0 Å². The fourth-order valence-corrected chi connectivity index (χ4v) is 3.39. The van der Waals surface area contributed by atoms with Gasteiger partial charge < -0.3 is 16.2 Å². The van der Waals surface area contributed by atoms with Crippen LogP contribution in [0.4, 0.5) is 0 Å². The zero-order valence-corrected chi connectivity index (χ0v) is 10.7. The van der Waals surface area contributed by atoms with Crippen LogP contribution in [0.2, 0.25) is 0 Å². The molecule has 98 valence electrons. The largest absolute Gasteiger partial charge is 0.389 e. The number of nitrogens with two attached hydrogens (primary N) is 1. The molecule has 0 aromatic heterocycles. The van der Waals surface area contributed by atoms with Crippen molar-refractivity contribution in [1.82, 2.24) is 5.32 Å². The maximum absolute atomic E-state index is 10.4. The zero-order chi connectivity index (χ0) is 12.6. The number of hydrogen-bond donors (Lipinski definition) is 3. The average Bonchev–Trinajstić information content (AvgIpc) is 2.94. The fraction of sp³-hybridized carbons (Fsp3) is 0.600. The van der Waals surface area contributed by atoms with Crippen molar-refractivity contribution < 1.29 is 5.11 Å². The van der Waals surface area contributed by atoms with Crippen molar-refractivity contribution in [2.24, 2.45) is 5.73 Å². The predicted molar refractivity (Wildman–Crippen MR) is 72.1 cm³/mol. The molecule has 0 spiro atoms. The number of rotatable bonds is 3. The molecule has 1 saturated carbocycles. The Morgan fingerprint density at radius 2 is 1.89 bits per heavy atom. The molecule has 1 aromatic carbocycles. The Labute approximate surface area is 108 Å². The summed E-state index contributed by atoms with van der Waals surface area (Å²) in [5, 5.41) is 13.9. The maximum atomic E-state index is 10.4. The monoisotopic (exact) mass is 246 g/mol. The van der Waals surface area contributed by atoms with Gasteiger partial charge in [0.2, 0.25) is 0 Å². The Kier molecular flexibility index (Phi) is 3.14. The van der Waals surface area contributed by atoms with Crippen LogP contribution in [-0.4, -0.2) is 17.3 Å². The molecular weight excluding hydrogens is 224 g/mol. The molecule has 0 amide bonds. The molecule has 1 fully saturated rings. The van der Waals surface area contributed by atoms with E-state index in [1.807, 2.05) is 6.07 Å². The SMILES string of the molecule is NC1CC(NCC2(O)CCCC2)c2ccccc21. The number of benzene rings is 1. The van der Waals surface area contributed by atoms with E-state index in [4.69, 9.17) is 5.73 Å². The second-order valence-corrected chi connectivity index (χ2v) is 5.84. The van der Waals surface area contributed by atoms with E-state index in [0.717, 1.165) is 32.1 Å². The highest BCUT2D eigenvalue weighted by Crippen LogP contribution is 2.38. The summed E-state index contributed by atoms with van der Waals surface area (Å²) in [6.07, 6.45) is 5.11. The molecular formula is C15H22N2O. The lowest BCUT2D eigenvalue weighted by molar-refractivity contribution is 0.0447. The molecule has 2 unspecified atom stereocenters. The van der Waals surface area contributed by atoms with E-state index in [-0.39, 0.29) is 6.04 Å². The summed E-state index contributed by atoms with van der Waals surface area (Å²) in [5.74, 6) is 0. The normalized spacial score (nSPS) is 29.4. The first-order valence-electron chi connectivity index (χ1n) is 6.98. The molecule has 3 nitrogen and oxygen atoms in total. The minimum Gasteiger partial charge on any atom is -0.389 e. The molecule has 1 aromatic rings. The highest BCUT2D eigenvalue weighted by Gasteiger charge is 2.34. The molecule has 2 atom stereocenters. The lowest BCUT2D eigenvalue weighted by Crippen LogP contribution is -2.39. The van der Waals surface area contributed by atoms with E-state index in [0.29, 0.717) is 12.6 Å². The highest BCUT2D eigenvalue weighted by molar-refractivity contribution is 5.37. The highest BCUT2D eigenvalue weighted by atomic mass is 16.3. The molecule has 18 heavy (non-hydrogen) atoms. The van der Waals surface area contributed by atoms with Gasteiger partial charge in [-0.15, -0.1) is 0 Å². The van der Waals surface area contributed by atoms with E-state index in [9.17, 15) is 5.11 Å². The second kappa shape index (κ2) is 4.65. The van der Waals surface area contributed by atoms with Crippen LogP contribution in [0.1, 0.15) is 55.3 Å². The summed E-state index contributed by atoms with van der Waals surface area (Å²) in [6, 6.07) is 8.82. The van der Waals surface area contributed by atoms with Gasteiger partial charge in [0.25, 0.3) is 0 Å². The van der Waals surface area contributed by atoms with Crippen molar-refractivity contribution in [1.29, 1.82) is 0 Å². The third-order valence-corrected chi connectivity index (χ3v) is 4.47. The van der Waals surface area contributed by atoms with Crippen molar-refractivity contribution in [3.8, 4) is 0 Å². The Bertz CT molecular complexity index is 426. The van der Waals surface area contributed by atoms with Crippen LogP contribution in [0.25, 0.3) is 0 Å². The van der Waals surface area contributed by atoms with Crippen LogP contribution in [0, 0.1) is 0 Å². The Morgan fingerprint density at radius 1 is 1.22 bits per heavy atom. The average molecular weight is 246 g/mol. The van der Waals surface area contributed by atoms with Gasteiger partial charge in [-0.25, -0.2) is 0 Å². The second-order valence-electron chi connectivity index (χ2n) is 5.84. The Hall–Kier alpha value is -0.900. The minimum absolute atomic E-state index is 0.136. The van der Waals surface area contributed by atoms with E-state index >= 15 is 0 Å².